The predicted molar refractivity (Wildman–Crippen MR) is 63.6 cm³/mol. The van der Waals surface area contributed by atoms with Gasteiger partial charge < -0.3 is 9.84 Å². The summed E-state index contributed by atoms with van der Waals surface area (Å²) < 4.78 is 31.2. The summed E-state index contributed by atoms with van der Waals surface area (Å²) in [5, 5.41) is 9.25. The molecule has 0 spiro atoms. The lowest BCUT2D eigenvalue weighted by atomic mass is 10.3. The molecule has 0 fully saturated rings. The third kappa shape index (κ3) is 7.65. The number of rotatable bonds is 10. The molecular formula is C10H21O6P. The van der Waals surface area contributed by atoms with Gasteiger partial charge >= 0.3 is 7.82 Å². The fraction of sp³-hybridized carbons (Fsp3) is 0.800. The lowest BCUT2D eigenvalue weighted by molar-refractivity contribution is -0.0809. The van der Waals surface area contributed by atoms with E-state index in [2.05, 4.69) is 11.1 Å². The zero-order valence-electron chi connectivity index (χ0n) is 10.5. The summed E-state index contributed by atoms with van der Waals surface area (Å²) in [7, 11) is -2.23. The Kier molecular flexibility index (Phi) is 8.68. The molecule has 102 valence electrons. The van der Waals surface area contributed by atoms with E-state index in [0.717, 1.165) is 0 Å². The van der Waals surface area contributed by atoms with E-state index in [1.54, 1.807) is 6.92 Å². The van der Waals surface area contributed by atoms with Crippen LogP contribution in [0.15, 0.2) is 12.2 Å². The van der Waals surface area contributed by atoms with E-state index in [9.17, 15) is 9.67 Å². The van der Waals surface area contributed by atoms with E-state index in [0.29, 0.717) is 18.6 Å². The van der Waals surface area contributed by atoms with Gasteiger partial charge in [-0.05, 0) is 18.9 Å². The Morgan fingerprint density at radius 2 is 1.94 bits per heavy atom. The van der Waals surface area contributed by atoms with Crippen LogP contribution in [0.4, 0.5) is 0 Å². The van der Waals surface area contributed by atoms with Crippen molar-refractivity contribution >= 4 is 7.82 Å². The average Bonchev–Trinajstić information content (AvgIpc) is 2.31. The highest BCUT2D eigenvalue weighted by molar-refractivity contribution is 7.48. The standard InChI is InChI=1S/C10H21O6P/c1-5-6-15-17(12,13-4)16-8-7-14-10(11)9(2)3/h10-11H,2,5-8H2,1,3-4H3. The zero-order valence-corrected chi connectivity index (χ0v) is 11.4. The van der Waals surface area contributed by atoms with Crippen molar-refractivity contribution < 1.29 is 28.0 Å². The van der Waals surface area contributed by atoms with Crippen molar-refractivity contribution in [1.29, 1.82) is 0 Å². The molecule has 0 bridgehead atoms. The Bertz CT molecular complexity index is 268. The van der Waals surface area contributed by atoms with Crippen LogP contribution in [0, 0.1) is 0 Å². The molecule has 0 amide bonds. The van der Waals surface area contributed by atoms with Gasteiger partial charge in [-0.25, -0.2) is 4.57 Å². The number of aliphatic hydroxyl groups excluding tert-OH is 1. The summed E-state index contributed by atoms with van der Waals surface area (Å²) in [6, 6.07) is 0. The molecule has 0 rings (SSSR count). The monoisotopic (exact) mass is 268 g/mol. The molecule has 1 N–H and O–H groups in total. The van der Waals surface area contributed by atoms with E-state index in [1.807, 2.05) is 6.92 Å². The second-order valence-corrected chi connectivity index (χ2v) is 5.14. The Hall–Kier alpha value is -0.230. The number of ether oxygens (including phenoxy) is 1. The highest BCUT2D eigenvalue weighted by Crippen LogP contribution is 2.48. The Morgan fingerprint density at radius 3 is 2.41 bits per heavy atom. The van der Waals surface area contributed by atoms with Gasteiger partial charge in [-0.1, -0.05) is 13.5 Å². The van der Waals surface area contributed by atoms with Gasteiger partial charge in [0.2, 0.25) is 0 Å². The second kappa shape index (κ2) is 8.80. The predicted octanol–water partition coefficient (Wildman–Crippen LogP) is 2.10. The third-order valence-corrected chi connectivity index (χ3v) is 3.15. The molecule has 0 aliphatic rings. The van der Waals surface area contributed by atoms with Gasteiger partial charge in [-0.3, -0.25) is 13.6 Å². The highest BCUT2D eigenvalue weighted by atomic mass is 31.2. The minimum atomic E-state index is -3.48. The maximum absolute atomic E-state index is 11.7. The first-order chi connectivity index (χ1) is 7.95. The molecule has 0 aliphatic carbocycles. The minimum absolute atomic E-state index is 0.000821. The summed E-state index contributed by atoms with van der Waals surface area (Å²) in [6.07, 6.45) is -0.334. The number of phosphoric acid groups is 1. The van der Waals surface area contributed by atoms with Gasteiger partial charge in [-0.15, -0.1) is 0 Å². The van der Waals surface area contributed by atoms with E-state index in [1.165, 1.54) is 7.11 Å². The lowest BCUT2D eigenvalue weighted by Gasteiger charge is -2.16. The molecule has 0 aromatic heterocycles. The first-order valence-corrected chi connectivity index (χ1v) is 6.81. The molecule has 0 saturated heterocycles. The Labute approximate surface area is 102 Å². The molecular weight excluding hydrogens is 247 g/mol. The molecule has 2 atom stereocenters. The molecule has 0 aliphatic heterocycles. The van der Waals surface area contributed by atoms with Gasteiger partial charge in [-0.2, -0.15) is 0 Å². The fourth-order valence-electron chi connectivity index (χ4n) is 0.797. The van der Waals surface area contributed by atoms with Crippen molar-refractivity contribution in [3.05, 3.63) is 12.2 Å². The minimum Gasteiger partial charge on any atom is -0.364 e. The van der Waals surface area contributed by atoms with Crippen LogP contribution in [-0.2, 0) is 22.9 Å². The molecule has 0 heterocycles. The van der Waals surface area contributed by atoms with Gasteiger partial charge in [0.25, 0.3) is 0 Å². The van der Waals surface area contributed by atoms with Gasteiger partial charge in [0.05, 0.1) is 19.8 Å². The van der Waals surface area contributed by atoms with E-state index >= 15 is 0 Å². The first-order valence-electron chi connectivity index (χ1n) is 5.35. The van der Waals surface area contributed by atoms with Crippen LogP contribution in [0.25, 0.3) is 0 Å². The molecule has 0 saturated carbocycles. The highest BCUT2D eigenvalue weighted by Gasteiger charge is 2.24. The van der Waals surface area contributed by atoms with Crippen molar-refractivity contribution in [2.24, 2.45) is 0 Å². The van der Waals surface area contributed by atoms with E-state index < -0.39 is 14.1 Å². The summed E-state index contributed by atoms with van der Waals surface area (Å²) in [5.74, 6) is 0. The Morgan fingerprint density at radius 1 is 1.35 bits per heavy atom. The van der Waals surface area contributed by atoms with Crippen molar-refractivity contribution in [1.82, 2.24) is 0 Å². The number of hydrogen-bond donors (Lipinski definition) is 1. The molecule has 6 nitrogen and oxygen atoms in total. The fourth-order valence-corrected chi connectivity index (χ4v) is 1.79. The lowest BCUT2D eigenvalue weighted by Crippen LogP contribution is -2.16. The van der Waals surface area contributed by atoms with Crippen molar-refractivity contribution in [3.8, 4) is 0 Å². The molecule has 0 radical (unpaired) electrons. The van der Waals surface area contributed by atoms with Crippen LogP contribution in [0.1, 0.15) is 20.3 Å². The maximum atomic E-state index is 11.7. The number of phosphoric ester groups is 1. The number of hydrogen-bond acceptors (Lipinski definition) is 6. The summed E-state index contributed by atoms with van der Waals surface area (Å²) >= 11 is 0. The molecule has 0 aromatic carbocycles. The first kappa shape index (κ1) is 16.8. The van der Waals surface area contributed by atoms with Gasteiger partial charge in [0, 0.05) is 7.11 Å². The van der Waals surface area contributed by atoms with Crippen LogP contribution in [-0.4, -0.2) is 38.3 Å². The summed E-state index contributed by atoms with van der Waals surface area (Å²) in [6.45, 7) is 7.39. The summed E-state index contributed by atoms with van der Waals surface area (Å²) in [4.78, 5) is 0. The normalized spacial score (nSPS) is 16.5. The zero-order chi connectivity index (χ0) is 13.3. The van der Waals surface area contributed by atoms with Gasteiger partial charge in [0.1, 0.15) is 0 Å². The number of aliphatic hydroxyl groups is 1. The van der Waals surface area contributed by atoms with E-state index in [-0.39, 0.29) is 13.2 Å². The van der Waals surface area contributed by atoms with E-state index in [4.69, 9.17) is 13.8 Å². The van der Waals surface area contributed by atoms with Crippen LogP contribution in [0.5, 0.6) is 0 Å². The third-order valence-electron chi connectivity index (χ3n) is 1.71. The molecule has 0 aromatic rings. The van der Waals surface area contributed by atoms with Crippen LogP contribution >= 0.6 is 7.82 Å². The SMILES string of the molecule is C=C(C)C(O)OCCOP(=O)(OC)OCCC. The Balaban J connectivity index is 3.84. The largest absolute Gasteiger partial charge is 0.474 e. The molecule has 17 heavy (non-hydrogen) atoms. The molecule has 7 heteroatoms. The summed E-state index contributed by atoms with van der Waals surface area (Å²) in [5.41, 5.74) is 0.488. The van der Waals surface area contributed by atoms with Crippen molar-refractivity contribution in [2.45, 2.75) is 26.6 Å². The van der Waals surface area contributed by atoms with Crippen LogP contribution < -0.4 is 0 Å². The quantitative estimate of drug-likeness (QED) is 0.283. The molecule has 2 unspecified atom stereocenters. The smallest absolute Gasteiger partial charge is 0.364 e. The van der Waals surface area contributed by atoms with Crippen molar-refractivity contribution in [2.75, 3.05) is 26.9 Å². The van der Waals surface area contributed by atoms with Crippen LogP contribution in [0.3, 0.4) is 0 Å². The van der Waals surface area contributed by atoms with Crippen molar-refractivity contribution in [3.63, 3.8) is 0 Å². The van der Waals surface area contributed by atoms with Gasteiger partial charge in [0.15, 0.2) is 6.29 Å². The second-order valence-electron chi connectivity index (χ2n) is 3.37. The maximum Gasteiger partial charge on any atom is 0.474 e. The van der Waals surface area contributed by atoms with Crippen LogP contribution in [0.2, 0.25) is 0 Å². The topological polar surface area (TPSA) is 74.2 Å². The average molecular weight is 268 g/mol.